The second kappa shape index (κ2) is 21.8. The van der Waals surface area contributed by atoms with Crippen LogP contribution in [0.1, 0.15) is 104 Å². The molecule has 0 amide bonds. The van der Waals surface area contributed by atoms with Crippen molar-refractivity contribution in [1.82, 2.24) is 0 Å². The largest absolute Gasteiger partial charge is 0.397 e. The average molecular weight is 410 g/mol. The summed E-state index contributed by atoms with van der Waals surface area (Å²) >= 11 is 0. The van der Waals surface area contributed by atoms with Crippen LogP contribution in [0.5, 0.6) is 0 Å². The van der Waals surface area contributed by atoms with Crippen LogP contribution in [0.4, 0.5) is 0 Å². The lowest BCUT2D eigenvalue weighted by Gasteiger charge is -2.01. The summed E-state index contributed by atoms with van der Waals surface area (Å²) in [6, 6.07) is 0. The van der Waals surface area contributed by atoms with E-state index in [0.29, 0.717) is 6.42 Å². The summed E-state index contributed by atoms with van der Waals surface area (Å²) in [4.78, 5) is 0. The molecule has 0 heterocycles. The standard InChI is InChI=1S/C18H36O4S.C2H7NO/c1-2-3-4-5-6-7-8-9-10-11-12-13-14-15-16-17-18-22-23(19,20)21;1-2(3)4/h9-10H,2-8,11-18H2,1H3,(H,19,20,21);2,4H,3H2,1H3/b10-9-;. The van der Waals surface area contributed by atoms with E-state index < -0.39 is 16.6 Å². The number of aliphatic hydroxyl groups is 1. The van der Waals surface area contributed by atoms with E-state index in [2.05, 4.69) is 29.0 Å². The minimum Gasteiger partial charge on any atom is -0.379 e. The van der Waals surface area contributed by atoms with Crippen molar-refractivity contribution < 1.29 is 22.3 Å². The fourth-order valence-electron chi connectivity index (χ4n) is 2.51. The summed E-state index contributed by atoms with van der Waals surface area (Å²) in [5.74, 6) is 0. The minimum absolute atomic E-state index is 0.0833. The third kappa shape index (κ3) is 37.1. The molecule has 0 saturated carbocycles. The second-order valence-corrected chi connectivity index (χ2v) is 8.02. The second-order valence-electron chi connectivity index (χ2n) is 6.93. The van der Waals surface area contributed by atoms with Gasteiger partial charge in [-0.2, -0.15) is 8.42 Å². The molecule has 0 radical (unpaired) electrons. The van der Waals surface area contributed by atoms with Crippen LogP contribution in [0.2, 0.25) is 0 Å². The predicted octanol–water partition coefficient (Wildman–Crippen LogP) is 5.13. The maximum Gasteiger partial charge on any atom is 0.397 e. The Morgan fingerprint density at radius 3 is 1.63 bits per heavy atom. The number of rotatable bonds is 17. The maximum absolute atomic E-state index is 10.3. The third-order valence-electron chi connectivity index (χ3n) is 3.89. The smallest absolute Gasteiger partial charge is 0.379 e. The number of nitrogens with two attached hydrogens (primary N) is 1. The van der Waals surface area contributed by atoms with Gasteiger partial charge in [-0.1, -0.05) is 76.9 Å². The van der Waals surface area contributed by atoms with Gasteiger partial charge in [-0.25, -0.2) is 4.18 Å². The zero-order chi connectivity index (χ0) is 20.8. The number of allylic oxidation sites excluding steroid dienone is 2. The van der Waals surface area contributed by atoms with E-state index in [1.54, 1.807) is 0 Å². The first-order chi connectivity index (χ1) is 12.8. The highest BCUT2D eigenvalue weighted by atomic mass is 32.3. The molecule has 1 unspecified atom stereocenters. The summed E-state index contributed by atoms with van der Waals surface area (Å²) < 4.78 is 33.3. The van der Waals surface area contributed by atoms with E-state index in [-0.39, 0.29) is 6.61 Å². The molecule has 164 valence electrons. The normalized spacial score (nSPS) is 12.8. The molecule has 7 heteroatoms. The van der Waals surface area contributed by atoms with Crippen molar-refractivity contribution in [2.45, 2.75) is 110 Å². The first-order valence-corrected chi connectivity index (χ1v) is 11.9. The molecule has 0 fully saturated rings. The van der Waals surface area contributed by atoms with Crippen LogP contribution in [0.25, 0.3) is 0 Å². The molecule has 0 rings (SSSR count). The molecule has 0 aromatic carbocycles. The van der Waals surface area contributed by atoms with E-state index in [1.165, 1.54) is 77.6 Å². The first-order valence-electron chi connectivity index (χ1n) is 10.5. The third-order valence-corrected chi connectivity index (χ3v) is 4.35. The fraction of sp³-hybridized carbons (Fsp3) is 0.900. The summed E-state index contributed by atoms with van der Waals surface area (Å²) in [5.41, 5.74) is 4.67. The molecule has 0 aromatic rings. The van der Waals surface area contributed by atoms with Crippen molar-refractivity contribution in [1.29, 1.82) is 0 Å². The van der Waals surface area contributed by atoms with Crippen LogP contribution < -0.4 is 5.73 Å². The molecule has 0 aliphatic rings. The van der Waals surface area contributed by atoms with Gasteiger partial charge in [0, 0.05) is 0 Å². The Morgan fingerprint density at radius 2 is 1.22 bits per heavy atom. The molecule has 1 atom stereocenters. The van der Waals surface area contributed by atoms with Crippen LogP contribution >= 0.6 is 0 Å². The van der Waals surface area contributed by atoms with Crippen molar-refractivity contribution in [3.05, 3.63) is 12.2 Å². The van der Waals surface area contributed by atoms with E-state index in [9.17, 15) is 8.42 Å². The van der Waals surface area contributed by atoms with Crippen LogP contribution in [0.3, 0.4) is 0 Å². The Bertz CT molecular complexity index is 408. The van der Waals surface area contributed by atoms with Crippen molar-refractivity contribution in [3.63, 3.8) is 0 Å². The maximum atomic E-state index is 10.3. The summed E-state index contributed by atoms with van der Waals surface area (Å²) in [6.07, 6.45) is 20.9. The predicted molar refractivity (Wildman–Crippen MR) is 113 cm³/mol. The van der Waals surface area contributed by atoms with Crippen LogP contribution in [-0.4, -0.2) is 30.9 Å². The SMILES string of the molecule is CC(N)O.CCCCCCCC/C=C\CCCCCCCCOS(=O)(=O)O. The number of unbranched alkanes of at least 4 members (excludes halogenated alkanes) is 12. The lowest BCUT2D eigenvalue weighted by Crippen LogP contribution is -2.11. The summed E-state index contributed by atoms with van der Waals surface area (Å²) in [7, 11) is -4.25. The number of hydrogen-bond donors (Lipinski definition) is 3. The highest BCUT2D eigenvalue weighted by molar-refractivity contribution is 7.80. The highest BCUT2D eigenvalue weighted by Crippen LogP contribution is 2.10. The van der Waals surface area contributed by atoms with E-state index in [4.69, 9.17) is 9.66 Å². The Balaban J connectivity index is 0. The molecule has 6 nitrogen and oxygen atoms in total. The van der Waals surface area contributed by atoms with Crippen molar-refractivity contribution in [2.75, 3.05) is 6.61 Å². The minimum atomic E-state index is -4.25. The Morgan fingerprint density at radius 1 is 0.852 bits per heavy atom. The Kier molecular flexibility index (Phi) is 23.2. The van der Waals surface area contributed by atoms with Gasteiger partial charge in [-0.05, 0) is 39.0 Å². The number of hydrogen-bond acceptors (Lipinski definition) is 5. The molecule has 0 aliphatic heterocycles. The van der Waals surface area contributed by atoms with Crippen LogP contribution in [-0.2, 0) is 14.6 Å². The van der Waals surface area contributed by atoms with E-state index in [1.807, 2.05) is 0 Å². The molecular weight excluding hydrogens is 366 g/mol. The average Bonchev–Trinajstić information content (AvgIpc) is 2.56. The monoisotopic (exact) mass is 409 g/mol. The van der Waals surface area contributed by atoms with E-state index >= 15 is 0 Å². The van der Waals surface area contributed by atoms with Gasteiger partial charge in [-0.3, -0.25) is 4.55 Å². The van der Waals surface area contributed by atoms with Crippen LogP contribution in [0, 0.1) is 0 Å². The van der Waals surface area contributed by atoms with Gasteiger partial charge in [0.2, 0.25) is 0 Å². The number of aliphatic hydroxyl groups excluding tert-OH is 1. The van der Waals surface area contributed by atoms with E-state index in [0.717, 1.165) is 12.8 Å². The zero-order valence-corrected chi connectivity index (χ0v) is 18.3. The van der Waals surface area contributed by atoms with Crippen LogP contribution in [0.15, 0.2) is 12.2 Å². The van der Waals surface area contributed by atoms with Crippen molar-refractivity contribution in [3.8, 4) is 0 Å². The van der Waals surface area contributed by atoms with Gasteiger partial charge >= 0.3 is 10.4 Å². The summed E-state index contributed by atoms with van der Waals surface area (Å²) in [6.45, 7) is 3.83. The Hall–Kier alpha value is -0.470. The molecule has 0 aliphatic carbocycles. The van der Waals surface area contributed by atoms with Gasteiger partial charge < -0.3 is 10.8 Å². The molecule has 27 heavy (non-hydrogen) atoms. The first kappa shape index (κ1) is 28.7. The highest BCUT2D eigenvalue weighted by Gasteiger charge is 2.02. The fourth-order valence-corrected chi connectivity index (χ4v) is 2.84. The van der Waals surface area contributed by atoms with Gasteiger partial charge in [0.05, 0.1) is 12.8 Å². The van der Waals surface area contributed by atoms with Gasteiger partial charge in [0.15, 0.2) is 0 Å². The molecule has 0 bridgehead atoms. The lowest BCUT2D eigenvalue weighted by molar-refractivity contribution is 0.203. The molecular formula is C20H43NO5S. The van der Waals surface area contributed by atoms with Gasteiger partial charge in [-0.15, -0.1) is 0 Å². The molecule has 0 aromatic heterocycles. The van der Waals surface area contributed by atoms with Crippen molar-refractivity contribution in [2.24, 2.45) is 5.73 Å². The van der Waals surface area contributed by atoms with Gasteiger partial charge in [0.1, 0.15) is 0 Å². The molecule has 4 N–H and O–H groups in total. The topological polar surface area (TPSA) is 110 Å². The zero-order valence-electron chi connectivity index (χ0n) is 17.4. The van der Waals surface area contributed by atoms with Crippen molar-refractivity contribution >= 4 is 10.4 Å². The summed E-state index contributed by atoms with van der Waals surface area (Å²) in [5, 5.41) is 7.83. The molecule has 0 spiro atoms. The lowest BCUT2D eigenvalue weighted by atomic mass is 10.1. The van der Waals surface area contributed by atoms with Gasteiger partial charge in [0.25, 0.3) is 0 Å². The Labute approximate surface area is 167 Å². The molecule has 0 saturated heterocycles. The quantitative estimate of drug-likeness (QED) is 0.133.